The summed E-state index contributed by atoms with van der Waals surface area (Å²) in [5, 5.41) is 15.3. The zero-order valence-corrected chi connectivity index (χ0v) is 26.1. The lowest BCUT2D eigenvalue weighted by atomic mass is 9.83. The van der Waals surface area contributed by atoms with Crippen LogP contribution in [0.2, 0.25) is 0 Å². The number of carboxylic acid groups (broad SMARTS) is 1. The largest absolute Gasteiger partial charge is 0.479 e. The van der Waals surface area contributed by atoms with Crippen molar-refractivity contribution in [1.29, 1.82) is 0 Å². The van der Waals surface area contributed by atoms with Crippen molar-refractivity contribution >= 4 is 30.0 Å². The number of pyridine rings is 1. The van der Waals surface area contributed by atoms with E-state index in [0.29, 0.717) is 19.4 Å². The van der Waals surface area contributed by atoms with Crippen molar-refractivity contribution in [3.05, 3.63) is 42.2 Å². The van der Waals surface area contributed by atoms with Crippen LogP contribution in [-0.2, 0) is 36.9 Å². The number of rotatable bonds is 8. The third kappa shape index (κ3) is 7.07. The Morgan fingerprint density at radius 3 is 2.51 bits per heavy atom. The number of carboxylic acids is 1. The molecule has 0 radical (unpaired) electrons. The van der Waals surface area contributed by atoms with Crippen molar-refractivity contribution < 1.29 is 38.6 Å². The molecule has 1 saturated heterocycles. The minimum atomic E-state index is -1.51. The first-order valence-corrected chi connectivity index (χ1v) is 15.7. The molecule has 3 heterocycles. The van der Waals surface area contributed by atoms with Gasteiger partial charge in [0.15, 0.2) is 0 Å². The van der Waals surface area contributed by atoms with E-state index in [1.165, 1.54) is 15.9 Å². The lowest BCUT2D eigenvalue weighted by Crippen LogP contribution is -2.58. The van der Waals surface area contributed by atoms with Crippen LogP contribution in [0.5, 0.6) is 0 Å². The van der Waals surface area contributed by atoms with E-state index in [4.69, 9.17) is 9.47 Å². The van der Waals surface area contributed by atoms with Crippen LogP contribution >= 0.6 is 0 Å². The Morgan fingerprint density at radius 2 is 1.89 bits per heavy atom. The van der Waals surface area contributed by atoms with Gasteiger partial charge < -0.3 is 30.1 Å². The third-order valence-electron chi connectivity index (χ3n) is 9.15. The van der Waals surface area contributed by atoms with Gasteiger partial charge in [-0.3, -0.25) is 19.5 Å². The number of hydrogen-bond donors (Lipinski definition) is 3. The number of hydrogen-bond acceptors (Lipinski definition) is 8. The molecule has 0 bridgehead atoms. The topological polar surface area (TPSA) is 167 Å². The third-order valence-corrected chi connectivity index (χ3v) is 9.15. The summed E-state index contributed by atoms with van der Waals surface area (Å²) in [7, 11) is 0. The average molecular weight is 626 g/mol. The van der Waals surface area contributed by atoms with Crippen molar-refractivity contribution in [3.63, 3.8) is 0 Å². The van der Waals surface area contributed by atoms with Gasteiger partial charge in [-0.15, -0.1) is 6.58 Å². The first-order valence-electron chi connectivity index (χ1n) is 15.7. The fourth-order valence-corrected chi connectivity index (χ4v) is 6.70. The summed E-state index contributed by atoms with van der Waals surface area (Å²) in [6.07, 6.45) is 5.36. The molecule has 3 fully saturated rings. The molecule has 4 amide bonds. The van der Waals surface area contributed by atoms with E-state index >= 15 is 0 Å². The summed E-state index contributed by atoms with van der Waals surface area (Å²) in [6, 6.07) is 1.59. The Balaban J connectivity index is 1.36. The predicted octanol–water partition coefficient (Wildman–Crippen LogP) is 3.12. The van der Waals surface area contributed by atoms with E-state index in [9.17, 15) is 29.1 Å². The minimum absolute atomic E-state index is 0.0272. The van der Waals surface area contributed by atoms with Crippen LogP contribution in [0.25, 0.3) is 0 Å². The number of ether oxygens (including phenoxy) is 2. The van der Waals surface area contributed by atoms with Crippen molar-refractivity contribution in [3.8, 4) is 0 Å². The fraction of sp³-hybridized carbons (Fsp3) is 0.625. The predicted molar refractivity (Wildman–Crippen MR) is 160 cm³/mol. The molecule has 5 rings (SSSR count). The molecule has 45 heavy (non-hydrogen) atoms. The molecule has 2 aliphatic heterocycles. The molecule has 13 heteroatoms. The van der Waals surface area contributed by atoms with E-state index in [2.05, 4.69) is 22.2 Å². The molecule has 2 saturated carbocycles. The smallest absolute Gasteiger partial charge is 0.410 e. The molecule has 1 aromatic rings. The number of carbonyl (C=O) groups is 5. The Hall–Kier alpha value is -4.16. The van der Waals surface area contributed by atoms with Gasteiger partial charge >= 0.3 is 18.2 Å². The first-order chi connectivity index (χ1) is 21.3. The van der Waals surface area contributed by atoms with E-state index in [1.54, 1.807) is 33.0 Å². The first kappa shape index (κ1) is 32.2. The maximum atomic E-state index is 14.3. The summed E-state index contributed by atoms with van der Waals surface area (Å²) >= 11 is 0. The number of alkyl carbamates (subject to hydrolysis) is 1. The molecule has 4 aliphatic rings. The number of aliphatic carboxylic acids is 1. The van der Waals surface area contributed by atoms with Crippen LogP contribution < -0.4 is 10.6 Å². The second-order valence-electron chi connectivity index (χ2n) is 13.5. The summed E-state index contributed by atoms with van der Waals surface area (Å²) in [4.78, 5) is 73.4. The van der Waals surface area contributed by atoms with Crippen LogP contribution in [0.15, 0.2) is 31.0 Å². The summed E-state index contributed by atoms with van der Waals surface area (Å²) in [5.41, 5.74) is -0.604. The second kappa shape index (κ2) is 12.7. The second-order valence-corrected chi connectivity index (χ2v) is 13.5. The van der Waals surface area contributed by atoms with E-state index in [-0.39, 0.29) is 31.8 Å². The van der Waals surface area contributed by atoms with Gasteiger partial charge in [-0.25, -0.2) is 14.4 Å². The Kier molecular flexibility index (Phi) is 9.09. The number of nitrogens with one attached hydrogen (secondary N) is 2. The van der Waals surface area contributed by atoms with Crippen molar-refractivity contribution in [2.75, 3.05) is 6.54 Å². The monoisotopic (exact) mass is 625 g/mol. The fourth-order valence-electron chi connectivity index (χ4n) is 6.70. The SMILES string of the molecule is C=CC1C[C@]1(NC(=O)[C@@H]1C[C@@H](OC(=O)N2Cc3cccnc3C2)CN1C(=O)[C@@H](NC(=O)OC(C)(C)C)C1CCCCC1)C(=O)O. The van der Waals surface area contributed by atoms with Crippen LogP contribution in [0.1, 0.15) is 77.0 Å². The van der Waals surface area contributed by atoms with Gasteiger partial charge in [0.2, 0.25) is 11.8 Å². The van der Waals surface area contributed by atoms with Gasteiger partial charge in [0.25, 0.3) is 0 Å². The van der Waals surface area contributed by atoms with E-state index < -0.39 is 65.2 Å². The van der Waals surface area contributed by atoms with Gasteiger partial charge in [-0.1, -0.05) is 31.4 Å². The zero-order chi connectivity index (χ0) is 32.5. The molecule has 13 nitrogen and oxygen atoms in total. The normalized spacial score (nSPS) is 26.8. The number of nitrogens with zero attached hydrogens (tertiary/aromatic N) is 3. The highest BCUT2D eigenvalue weighted by Crippen LogP contribution is 2.45. The van der Waals surface area contributed by atoms with Crippen molar-refractivity contribution in [2.24, 2.45) is 11.8 Å². The van der Waals surface area contributed by atoms with Crippen LogP contribution in [-0.4, -0.2) is 85.7 Å². The highest BCUT2D eigenvalue weighted by atomic mass is 16.6. The van der Waals surface area contributed by atoms with Gasteiger partial charge in [0.05, 0.1) is 25.3 Å². The highest BCUT2D eigenvalue weighted by molar-refractivity contribution is 5.96. The van der Waals surface area contributed by atoms with Crippen molar-refractivity contribution in [1.82, 2.24) is 25.4 Å². The number of carbonyl (C=O) groups excluding carboxylic acids is 4. The maximum absolute atomic E-state index is 14.3. The molecule has 0 aromatic carbocycles. The number of aromatic nitrogens is 1. The van der Waals surface area contributed by atoms with Crippen molar-refractivity contribution in [2.45, 2.75) is 108 Å². The number of fused-ring (bicyclic) bond motifs is 1. The lowest BCUT2D eigenvalue weighted by molar-refractivity contribution is -0.146. The molecule has 5 atom stereocenters. The van der Waals surface area contributed by atoms with E-state index in [0.717, 1.165) is 30.5 Å². The molecule has 3 N–H and O–H groups in total. The van der Waals surface area contributed by atoms with Gasteiger partial charge in [0, 0.05) is 18.5 Å². The summed E-state index contributed by atoms with van der Waals surface area (Å²) in [5.74, 6) is -2.98. The van der Waals surface area contributed by atoms with E-state index in [1.807, 2.05) is 6.07 Å². The van der Waals surface area contributed by atoms with Crippen LogP contribution in [0.4, 0.5) is 9.59 Å². The summed E-state index contributed by atoms with van der Waals surface area (Å²) in [6.45, 7) is 9.38. The Morgan fingerprint density at radius 1 is 1.16 bits per heavy atom. The number of amides is 4. The van der Waals surface area contributed by atoms with Gasteiger partial charge in [-0.2, -0.15) is 0 Å². The summed E-state index contributed by atoms with van der Waals surface area (Å²) < 4.78 is 11.3. The molecular formula is C32H43N5O8. The molecule has 2 aliphatic carbocycles. The van der Waals surface area contributed by atoms with Crippen LogP contribution in [0, 0.1) is 11.8 Å². The molecule has 1 aromatic heterocycles. The number of likely N-dealkylation sites (tertiary alicyclic amines) is 1. The Labute approximate surface area is 262 Å². The standard InChI is InChI=1S/C32H43N5O8/c1-5-21-15-32(21,28(40)41)35-26(38)24-14-22(44-30(43)36-16-20-12-9-13-33-23(20)18-36)17-37(24)27(39)25(19-10-7-6-8-11-19)34-29(42)45-31(2,3)4/h5,9,12-13,19,21-22,24-25H,1,6-8,10-11,14-18H2,2-4H3,(H,34,42)(H,35,38)(H,40,41)/t21?,22-,24+,25+,32-/m1/s1. The highest BCUT2D eigenvalue weighted by Gasteiger charge is 2.61. The Bertz CT molecular complexity index is 1330. The maximum Gasteiger partial charge on any atom is 0.410 e. The minimum Gasteiger partial charge on any atom is -0.479 e. The quantitative estimate of drug-likeness (QED) is 0.368. The van der Waals surface area contributed by atoms with Gasteiger partial charge in [0.1, 0.15) is 29.3 Å². The van der Waals surface area contributed by atoms with Gasteiger partial charge in [-0.05, 0) is 57.6 Å². The molecule has 244 valence electrons. The molecule has 0 spiro atoms. The zero-order valence-electron chi connectivity index (χ0n) is 26.1. The lowest BCUT2D eigenvalue weighted by Gasteiger charge is -2.35. The van der Waals surface area contributed by atoms with Crippen LogP contribution in [0.3, 0.4) is 0 Å². The molecular weight excluding hydrogens is 582 g/mol. The molecule has 1 unspecified atom stereocenters. The average Bonchev–Trinajstić information content (AvgIpc) is 3.31.